The second-order valence-electron chi connectivity index (χ2n) is 5.73. The van der Waals surface area contributed by atoms with Crippen LogP contribution in [0.3, 0.4) is 0 Å². The van der Waals surface area contributed by atoms with Crippen LogP contribution in [0.4, 0.5) is 17.1 Å². The fourth-order valence-corrected chi connectivity index (χ4v) is 2.89. The van der Waals surface area contributed by atoms with Crippen molar-refractivity contribution in [3.63, 3.8) is 0 Å². The highest BCUT2D eigenvalue weighted by molar-refractivity contribution is 5.60. The van der Waals surface area contributed by atoms with E-state index in [1.807, 2.05) is 36.4 Å². The van der Waals surface area contributed by atoms with Gasteiger partial charge in [-0.2, -0.15) is 5.26 Å². The lowest BCUT2D eigenvalue weighted by atomic mass is 9.70. The Hall–Kier alpha value is -3.45. The number of nitrogen functional groups attached to an aromatic ring is 3. The third-order valence-corrected chi connectivity index (χ3v) is 4.20. The molecule has 0 unspecified atom stereocenters. The molecular weight excluding hydrogens is 296 g/mol. The highest BCUT2D eigenvalue weighted by Gasteiger charge is 2.36. The van der Waals surface area contributed by atoms with E-state index in [1.165, 1.54) is 0 Å². The SMILES string of the molecule is N#CC(c1ccc(N)cc1)(c1ccc(N)cc1)c1ccc(N)cc1. The summed E-state index contributed by atoms with van der Waals surface area (Å²) >= 11 is 0. The van der Waals surface area contributed by atoms with Crippen molar-refractivity contribution in [1.82, 2.24) is 0 Å². The van der Waals surface area contributed by atoms with Crippen molar-refractivity contribution in [2.45, 2.75) is 5.41 Å². The van der Waals surface area contributed by atoms with Gasteiger partial charge < -0.3 is 17.2 Å². The second kappa shape index (κ2) is 5.98. The van der Waals surface area contributed by atoms with E-state index in [9.17, 15) is 5.26 Å². The Bertz CT molecular complexity index is 762. The molecule has 0 aromatic heterocycles. The molecule has 24 heavy (non-hydrogen) atoms. The first-order chi connectivity index (χ1) is 11.6. The van der Waals surface area contributed by atoms with Gasteiger partial charge in [-0.25, -0.2) is 0 Å². The van der Waals surface area contributed by atoms with Crippen LogP contribution < -0.4 is 17.2 Å². The van der Waals surface area contributed by atoms with E-state index >= 15 is 0 Å². The summed E-state index contributed by atoms with van der Waals surface area (Å²) in [7, 11) is 0. The number of benzene rings is 3. The Kier molecular flexibility index (Phi) is 3.85. The smallest absolute Gasteiger partial charge is 0.132 e. The van der Waals surface area contributed by atoms with Crippen LogP contribution >= 0.6 is 0 Å². The van der Waals surface area contributed by atoms with Crippen LogP contribution in [0.1, 0.15) is 16.7 Å². The number of nitriles is 1. The molecule has 0 amide bonds. The molecule has 4 nitrogen and oxygen atoms in total. The molecule has 0 saturated carbocycles. The summed E-state index contributed by atoms with van der Waals surface area (Å²) in [6, 6.07) is 24.6. The Morgan fingerprint density at radius 1 is 0.542 bits per heavy atom. The van der Waals surface area contributed by atoms with Crippen molar-refractivity contribution in [2.24, 2.45) is 0 Å². The zero-order chi connectivity index (χ0) is 17.2. The maximum Gasteiger partial charge on any atom is 0.132 e. The van der Waals surface area contributed by atoms with Gasteiger partial charge in [0.2, 0.25) is 0 Å². The summed E-state index contributed by atoms with van der Waals surface area (Å²) < 4.78 is 0. The molecular formula is C20H18N4. The summed E-state index contributed by atoms with van der Waals surface area (Å²) in [4.78, 5) is 0. The summed E-state index contributed by atoms with van der Waals surface area (Å²) in [6.07, 6.45) is 0. The maximum atomic E-state index is 10.2. The first kappa shape index (κ1) is 15.4. The number of rotatable bonds is 3. The van der Waals surface area contributed by atoms with Crippen molar-refractivity contribution in [2.75, 3.05) is 17.2 Å². The molecule has 4 heteroatoms. The largest absolute Gasteiger partial charge is 0.399 e. The van der Waals surface area contributed by atoms with Gasteiger partial charge in [-0.15, -0.1) is 0 Å². The lowest BCUT2D eigenvalue weighted by molar-refractivity contribution is 0.796. The molecule has 0 aliphatic heterocycles. The number of hydrogen-bond acceptors (Lipinski definition) is 4. The molecule has 0 heterocycles. The molecule has 0 saturated heterocycles. The first-order valence-corrected chi connectivity index (χ1v) is 7.55. The van der Waals surface area contributed by atoms with Crippen LogP contribution in [0, 0.1) is 11.3 Å². The van der Waals surface area contributed by atoms with Gasteiger partial charge in [0.1, 0.15) is 5.41 Å². The van der Waals surface area contributed by atoms with E-state index in [0.29, 0.717) is 17.1 Å². The summed E-state index contributed by atoms with van der Waals surface area (Å²) in [5.41, 5.74) is 21.0. The van der Waals surface area contributed by atoms with E-state index in [0.717, 1.165) is 16.7 Å². The molecule has 0 bridgehead atoms. The zero-order valence-corrected chi connectivity index (χ0v) is 13.1. The number of nitrogens with zero attached hydrogens (tertiary/aromatic N) is 1. The predicted octanol–water partition coefficient (Wildman–Crippen LogP) is 3.29. The Balaban J connectivity index is 2.30. The second-order valence-corrected chi connectivity index (χ2v) is 5.73. The predicted molar refractivity (Wildman–Crippen MR) is 98.1 cm³/mol. The minimum atomic E-state index is -0.963. The van der Waals surface area contributed by atoms with Gasteiger partial charge in [-0.05, 0) is 53.1 Å². The topological polar surface area (TPSA) is 102 Å². The van der Waals surface area contributed by atoms with Gasteiger partial charge in [0.25, 0.3) is 0 Å². The minimum Gasteiger partial charge on any atom is -0.399 e. The molecule has 0 aliphatic rings. The van der Waals surface area contributed by atoms with E-state index in [1.54, 1.807) is 36.4 Å². The first-order valence-electron chi connectivity index (χ1n) is 7.55. The van der Waals surface area contributed by atoms with Gasteiger partial charge >= 0.3 is 0 Å². The quantitative estimate of drug-likeness (QED) is 0.510. The van der Waals surface area contributed by atoms with Crippen LogP contribution in [0.2, 0.25) is 0 Å². The monoisotopic (exact) mass is 314 g/mol. The lowest BCUT2D eigenvalue weighted by Gasteiger charge is -2.29. The molecule has 0 spiro atoms. The fraction of sp³-hybridized carbons (Fsp3) is 0.0500. The highest BCUT2D eigenvalue weighted by Crippen LogP contribution is 2.39. The summed E-state index contributed by atoms with van der Waals surface area (Å²) in [5, 5.41) is 10.2. The van der Waals surface area contributed by atoms with Crippen LogP contribution in [-0.2, 0) is 5.41 Å². The maximum absolute atomic E-state index is 10.2. The van der Waals surface area contributed by atoms with Crippen LogP contribution in [0.15, 0.2) is 72.8 Å². The third-order valence-electron chi connectivity index (χ3n) is 4.20. The van der Waals surface area contributed by atoms with Crippen molar-refractivity contribution in [3.05, 3.63) is 89.5 Å². The van der Waals surface area contributed by atoms with E-state index < -0.39 is 5.41 Å². The average molecular weight is 314 g/mol. The number of anilines is 3. The Morgan fingerprint density at radius 2 is 0.792 bits per heavy atom. The molecule has 0 atom stereocenters. The molecule has 3 aromatic carbocycles. The van der Waals surface area contributed by atoms with Gasteiger partial charge in [-0.1, -0.05) is 36.4 Å². The molecule has 3 aromatic rings. The number of nitrogens with two attached hydrogens (primary N) is 3. The molecule has 0 fully saturated rings. The van der Waals surface area contributed by atoms with Gasteiger partial charge in [0.05, 0.1) is 6.07 Å². The van der Waals surface area contributed by atoms with Crippen molar-refractivity contribution in [1.29, 1.82) is 5.26 Å². The average Bonchev–Trinajstić information content (AvgIpc) is 2.60. The van der Waals surface area contributed by atoms with E-state index in [-0.39, 0.29) is 0 Å². The van der Waals surface area contributed by atoms with Crippen LogP contribution in [0.25, 0.3) is 0 Å². The van der Waals surface area contributed by atoms with Crippen molar-refractivity contribution >= 4 is 17.1 Å². The molecule has 0 radical (unpaired) electrons. The Labute approximate surface area is 141 Å². The summed E-state index contributed by atoms with van der Waals surface area (Å²) in [5.74, 6) is 0. The lowest BCUT2D eigenvalue weighted by Crippen LogP contribution is -2.27. The third kappa shape index (κ3) is 2.53. The van der Waals surface area contributed by atoms with E-state index in [2.05, 4.69) is 6.07 Å². The normalized spacial score (nSPS) is 11.0. The highest BCUT2D eigenvalue weighted by atomic mass is 14.6. The minimum absolute atomic E-state index is 0.653. The summed E-state index contributed by atoms with van der Waals surface area (Å²) in [6.45, 7) is 0. The number of hydrogen-bond donors (Lipinski definition) is 3. The Morgan fingerprint density at radius 3 is 1.00 bits per heavy atom. The van der Waals surface area contributed by atoms with Gasteiger partial charge in [-0.3, -0.25) is 0 Å². The van der Waals surface area contributed by atoms with Crippen molar-refractivity contribution < 1.29 is 0 Å². The fourth-order valence-electron chi connectivity index (χ4n) is 2.89. The van der Waals surface area contributed by atoms with Gasteiger partial charge in [0, 0.05) is 17.1 Å². The molecule has 0 aliphatic carbocycles. The van der Waals surface area contributed by atoms with Crippen LogP contribution in [0.5, 0.6) is 0 Å². The zero-order valence-electron chi connectivity index (χ0n) is 13.1. The van der Waals surface area contributed by atoms with Crippen LogP contribution in [-0.4, -0.2) is 0 Å². The molecule has 6 N–H and O–H groups in total. The standard InChI is InChI=1S/C20H18N4/c21-13-20(14-1-7-17(22)8-2-14,15-3-9-18(23)10-4-15)16-5-11-19(24)12-6-16/h1-12H,22-24H2. The van der Waals surface area contributed by atoms with E-state index in [4.69, 9.17) is 17.2 Å². The molecule has 118 valence electrons. The molecule has 3 rings (SSSR count). The van der Waals surface area contributed by atoms with Gasteiger partial charge in [0.15, 0.2) is 0 Å². The van der Waals surface area contributed by atoms with Crippen molar-refractivity contribution in [3.8, 4) is 6.07 Å².